The number of hydrogen-bond donors (Lipinski definition) is 1. The van der Waals surface area contributed by atoms with Crippen LogP contribution < -0.4 is 10.3 Å². The average Bonchev–Trinajstić information content (AvgIpc) is 3.29. The fourth-order valence-corrected chi connectivity index (χ4v) is 4.45. The van der Waals surface area contributed by atoms with Crippen LogP contribution in [0.3, 0.4) is 0 Å². The van der Waals surface area contributed by atoms with Gasteiger partial charge in [0.05, 0.1) is 11.4 Å². The van der Waals surface area contributed by atoms with Crippen LogP contribution in [0, 0.1) is 0 Å². The number of Topliss-reactive ketones (excluding diaryl/α,β-unsaturated/α-hetero) is 1. The maximum absolute atomic E-state index is 12.6. The molecule has 1 fully saturated rings. The molecule has 0 amide bonds. The van der Waals surface area contributed by atoms with Crippen LogP contribution in [-0.4, -0.2) is 34.9 Å². The highest BCUT2D eigenvalue weighted by molar-refractivity contribution is 7.12. The van der Waals surface area contributed by atoms with Gasteiger partial charge in [0.2, 0.25) is 5.78 Å². The monoisotopic (exact) mass is 369 g/mol. The third-order valence-corrected chi connectivity index (χ3v) is 6.11. The maximum atomic E-state index is 12.6. The van der Waals surface area contributed by atoms with Crippen LogP contribution in [0.25, 0.3) is 11.0 Å². The summed E-state index contributed by atoms with van der Waals surface area (Å²) in [6, 6.07) is 12.0. The summed E-state index contributed by atoms with van der Waals surface area (Å²) in [6.45, 7) is 4.49. The number of anilines is 1. The largest absolute Gasteiger partial charge is 0.356 e. The molecule has 0 bridgehead atoms. The number of para-hydroxylation sites is 2. The van der Waals surface area contributed by atoms with E-state index in [-0.39, 0.29) is 12.3 Å². The summed E-state index contributed by atoms with van der Waals surface area (Å²) in [6.07, 6.45) is 3.92. The molecule has 0 unspecified atom stereocenters. The van der Waals surface area contributed by atoms with Crippen molar-refractivity contribution in [3.63, 3.8) is 0 Å². The van der Waals surface area contributed by atoms with Crippen LogP contribution >= 0.6 is 11.3 Å². The number of thiophene rings is 1. The molecule has 1 aliphatic rings. The summed E-state index contributed by atoms with van der Waals surface area (Å²) in [4.78, 5) is 15.9. The number of carbonyl (C=O) groups excluding carboxylic acids is 1. The quantitative estimate of drug-likeness (QED) is 0.537. The zero-order valence-corrected chi connectivity index (χ0v) is 15.8. The highest BCUT2D eigenvalue weighted by atomic mass is 32.1. The highest BCUT2D eigenvalue weighted by Crippen LogP contribution is 2.18. The van der Waals surface area contributed by atoms with Crippen molar-refractivity contribution in [1.29, 1.82) is 0 Å². The molecule has 1 aromatic carbocycles. The Kier molecular flexibility index (Phi) is 5.04. The van der Waals surface area contributed by atoms with Crippen molar-refractivity contribution in [2.75, 3.05) is 25.4 Å². The van der Waals surface area contributed by atoms with Crippen molar-refractivity contribution in [2.45, 2.75) is 32.4 Å². The van der Waals surface area contributed by atoms with Crippen molar-refractivity contribution in [3.8, 4) is 0 Å². The minimum atomic E-state index is 0.107. The lowest BCUT2D eigenvalue weighted by Crippen LogP contribution is -2.40. The first-order chi connectivity index (χ1) is 12.7. The van der Waals surface area contributed by atoms with E-state index in [4.69, 9.17) is 5.73 Å². The number of hydrogen-bond acceptors (Lipinski definition) is 4. The van der Waals surface area contributed by atoms with Gasteiger partial charge in [0.25, 0.3) is 0 Å². The van der Waals surface area contributed by atoms with E-state index in [2.05, 4.69) is 15.5 Å². The molecule has 2 aromatic heterocycles. The molecular formula is C20H25N4OS+. The smallest absolute Gasteiger partial charge is 0.300 e. The van der Waals surface area contributed by atoms with Gasteiger partial charge >= 0.3 is 5.95 Å². The van der Waals surface area contributed by atoms with Crippen molar-refractivity contribution in [2.24, 2.45) is 0 Å². The molecule has 3 heterocycles. The van der Waals surface area contributed by atoms with Crippen molar-refractivity contribution in [1.82, 2.24) is 9.47 Å². The molecular weight excluding hydrogens is 344 g/mol. The van der Waals surface area contributed by atoms with Crippen LogP contribution in [0.1, 0.15) is 28.9 Å². The van der Waals surface area contributed by atoms with E-state index >= 15 is 0 Å². The SMILES string of the molecule is Nc1n(CCN2CCCCC2)c2ccccc2[n+]1CC(=O)c1cccs1. The maximum Gasteiger partial charge on any atom is 0.356 e. The number of carbonyl (C=O) groups is 1. The first-order valence-electron chi connectivity index (χ1n) is 9.29. The predicted molar refractivity (Wildman–Crippen MR) is 105 cm³/mol. The topological polar surface area (TPSA) is 55.1 Å². The summed E-state index contributed by atoms with van der Waals surface area (Å²) in [5, 5.41) is 1.93. The van der Waals surface area contributed by atoms with Crippen molar-refractivity contribution >= 4 is 34.1 Å². The van der Waals surface area contributed by atoms with E-state index < -0.39 is 0 Å². The van der Waals surface area contributed by atoms with Crippen LogP contribution in [-0.2, 0) is 13.1 Å². The van der Waals surface area contributed by atoms with E-state index in [9.17, 15) is 4.79 Å². The van der Waals surface area contributed by atoms with Gasteiger partial charge in [-0.2, -0.15) is 0 Å². The molecule has 0 spiro atoms. The molecule has 6 heteroatoms. The first-order valence-corrected chi connectivity index (χ1v) is 10.2. The Bertz CT molecular complexity index is 894. The second kappa shape index (κ2) is 7.60. The van der Waals surface area contributed by atoms with Crippen LogP contribution in [0.5, 0.6) is 0 Å². The van der Waals surface area contributed by atoms with Crippen molar-refractivity contribution in [3.05, 3.63) is 46.7 Å². The number of likely N-dealkylation sites (tertiary alicyclic amines) is 1. The minimum absolute atomic E-state index is 0.107. The number of aromatic nitrogens is 2. The van der Waals surface area contributed by atoms with E-state index in [1.54, 1.807) is 0 Å². The lowest BCUT2D eigenvalue weighted by Gasteiger charge is -2.25. The Balaban J connectivity index is 1.61. The van der Waals surface area contributed by atoms with E-state index in [0.717, 1.165) is 29.0 Å². The second-order valence-corrected chi connectivity index (χ2v) is 7.84. The highest BCUT2D eigenvalue weighted by Gasteiger charge is 2.24. The zero-order valence-electron chi connectivity index (χ0n) is 14.9. The van der Waals surface area contributed by atoms with Gasteiger partial charge in [-0.05, 0) is 49.5 Å². The van der Waals surface area contributed by atoms with Crippen LogP contribution in [0.4, 0.5) is 5.95 Å². The van der Waals surface area contributed by atoms with Gasteiger partial charge in [-0.3, -0.25) is 10.5 Å². The summed E-state index contributed by atoms with van der Waals surface area (Å²) in [7, 11) is 0. The average molecular weight is 370 g/mol. The molecule has 136 valence electrons. The Morgan fingerprint density at radius 1 is 1.08 bits per heavy atom. The molecule has 4 rings (SSSR count). The fourth-order valence-electron chi connectivity index (χ4n) is 3.80. The van der Waals surface area contributed by atoms with Gasteiger partial charge < -0.3 is 4.90 Å². The third-order valence-electron chi connectivity index (χ3n) is 5.20. The summed E-state index contributed by atoms with van der Waals surface area (Å²) < 4.78 is 4.11. The molecule has 0 saturated carbocycles. The standard InChI is InChI=1S/C20H24N4OS/c21-20-23(13-12-22-10-4-1-5-11-22)16-7-2-3-8-17(16)24(20)15-18(25)19-9-6-14-26-19/h2-3,6-9,14,21H,1,4-5,10-13,15H2/p+1. The number of nitrogens with two attached hydrogens (primary N) is 1. The number of rotatable bonds is 6. The second-order valence-electron chi connectivity index (χ2n) is 6.89. The number of fused-ring (bicyclic) bond motifs is 1. The van der Waals surface area contributed by atoms with E-state index in [1.807, 2.05) is 40.3 Å². The summed E-state index contributed by atoms with van der Waals surface area (Å²) >= 11 is 1.48. The van der Waals surface area contributed by atoms with Gasteiger partial charge in [0, 0.05) is 6.54 Å². The number of nitrogen functional groups attached to an aromatic ring is 1. The minimum Gasteiger partial charge on any atom is -0.300 e. The molecule has 26 heavy (non-hydrogen) atoms. The number of nitrogens with zero attached hydrogens (tertiary/aromatic N) is 3. The molecule has 0 radical (unpaired) electrons. The molecule has 5 nitrogen and oxygen atoms in total. The van der Waals surface area contributed by atoms with E-state index in [0.29, 0.717) is 5.95 Å². The third kappa shape index (κ3) is 3.39. The van der Waals surface area contributed by atoms with Crippen LogP contribution in [0.2, 0.25) is 0 Å². The van der Waals surface area contributed by atoms with Gasteiger partial charge in [-0.1, -0.05) is 24.6 Å². The predicted octanol–water partition coefficient (Wildman–Crippen LogP) is 2.94. The first kappa shape index (κ1) is 17.2. The van der Waals surface area contributed by atoms with Gasteiger partial charge in [-0.25, -0.2) is 9.13 Å². The number of piperidine rings is 1. The van der Waals surface area contributed by atoms with E-state index in [1.165, 1.54) is 43.7 Å². The zero-order chi connectivity index (χ0) is 17.9. The Hall–Kier alpha value is -2.18. The molecule has 1 saturated heterocycles. The Morgan fingerprint density at radius 2 is 1.88 bits per heavy atom. The molecule has 0 atom stereocenters. The molecule has 1 aliphatic heterocycles. The Morgan fingerprint density at radius 3 is 2.65 bits per heavy atom. The normalized spacial score (nSPS) is 15.5. The van der Waals surface area contributed by atoms with Gasteiger partial charge in [-0.15, -0.1) is 11.3 Å². The summed E-state index contributed by atoms with van der Waals surface area (Å²) in [5.74, 6) is 0.767. The van der Waals surface area contributed by atoms with Gasteiger partial charge in [0.1, 0.15) is 17.6 Å². The molecule has 3 aromatic rings. The Labute approximate surface area is 157 Å². The van der Waals surface area contributed by atoms with Crippen LogP contribution in [0.15, 0.2) is 41.8 Å². The van der Waals surface area contributed by atoms with Crippen molar-refractivity contribution < 1.29 is 9.36 Å². The fraction of sp³-hybridized carbons (Fsp3) is 0.400. The molecule has 0 aliphatic carbocycles. The number of benzene rings is 1. The lowest BCUT2D eigenvalue weighted by atomic mass is 10.1. The number of ketones is 1. The number of imidazole rings is 1. The molecule has 2 N–H and O–H groups in total. The van der Waals surface area contributed by atoms with Gasteiger partial charge in [0.15, 0.2) is 0 Å². The lowest BCUT2D eigenvalue weighted by molar-refractivity contribution is -0.642. The summed E-state index contributed by atoms with van der Waals surface area (Å²) in [5.41, 5.74) is 8.61.